The summed E-state index contributed by atoms with van der Waals surface area (Å²) in [5.41, 5.74) is -0.516. The van der Waals surface area contributed by atoms with E-state index in [9.17, 15) is 9.90 Å². The van der Waals surface area contributed by atoms with Crippen molar-refractivity contribution in [3.63, 3.8) is 0 Å². The van der Waals surface area contributed by atoms with Gasteiger partial charge >= 0.3 is 0 Å². The van der Waals surface area contributed by atoms with Crippen LogP contribution in [0.3, 0.4) is 0 Å². The Hall–Kier alpha value is -1.47. The van der Waals surface area contributed by atoms with Crippen LogP contribution in [0, 0.1) is 0 Å². The number of rotatable bonds is 5. The Morgan fingerprint density at radius 2 is 2.28 bits per heavy atom. The van der Waals surface area contributed by atoms with Crippen LogP contribution < -0.4 is 5.32 Å². The molecule has 18 heavy (non-hydrogen) atoms. The van der Waals surface area contributed by atoms with E-state index in [0.29, 0.717) is 39.0 Å². The van der Waals surface area contributed by atoms with Gasteiger partial charge < -0.3 is 15.2 Å². The number of nitrogens with zero attached hydrogens (tertiary/aromatic N) is 3. The first-order valence-electron chi connectivity index (χ1n) is 6.08. The molecule has 0 saturated carbocycles. The van der Waals surface area contributed by atoms with Crippen LogP contribution in [-0.2, 0) is 16.1 Å². The number of hydrogen-bond acceptors (Lipinski definition) is 5. The van der Waals surface area contributed by atoms with Gasteiger partial charge in [0.1, 0.15) is 0 Å². The van der Waals surface area contributed by atoms with Gasteiger partial charge in [0.05, 0.1) is 24.9 Å². The van der Waals surface area contributed by atoms with Gasteiger partial charge in [0, 0.05) is 25.8 Å². The first-order chi connectivity index (χ1) is 8.74. The van der Waals surface area contributed by atoms with E-state index in [4.69, 9.17) is 4.74 Å². The van der Waals surface area contributed by atoms with Crippen molar-refractivity contribution in [3.05, 3.63) is 12.4 Å². The number of aliphatic hydroxyl groups is 1. The summed E-state index contributed by atoms with van der Waals surface area (Å²) in [6.07, 6.45) is 4.91. The topological polar surface area (TPSA) is 89.3 Å². The van der Waals surface area contributed by atoms with E-state index in [-0.39, 0.29) is 12.5 Å². The first-order valence-corrected chi connectivity index (χ1v) is 6.08. The highest BCUT2D eigenvalue weighted by atomic mass is 16.5. The highest BCUT2D eigenvalue weighted by Gasteiger charge is 2.33. The Morgan fingerprint density at radius 3 is 2.89 bits per heavy atom. The predicted octanol–water partition coefficient (Wildman–Crippen LogP) is -0.674. The molecule has 7 nitrogen and oxygen atoms in total. The zero-order valence-electron chi connectivity index (χ0n) is 10.2. The first kappa shape index (κ1) is 13.0. The van der Waals surface area contributed by atoms with E-state index < -0.39 is 5.54 Å². The minimum atomic E-state index is -0.516. The Labute approximate surface area is 105 Å². The Bertz CT molecular complexity index is 374. The molecule has 0 aliphatic carbocycles. The molecule has 1 saturated heterocycles. The van der Waals surface area contributed by atoms with E-state index in [2.05, 4.69) is 15.6 Å². The van der Waals surface area contributed by atoms with Crippen LogP contribution >= 0.6 is 0 Å². The summed E-state index contributed by atoms with van der Waals surface area (Å²) >= 11 is 0. The van der Waals surface area contributed by atoms with E-state index in [1.807, 2.05) is 0 Å². The van der Waals surface area contributed by atoms with Crippen LogP contribution in [0.5, 0.6) is 0 Å². The molecular formula is C11H18N4O3. The van der Waals surface area contributed by atoms with Crippen molar-refractivity contribution in [2.45, 2.75) is 31.3 Å². The molecule has 0 bridgehead atoms. The summed E-state index contributed by atoms with van der Waals surface area (Å²) in [7, 11) is 0. The number of aromatic nitrogens is 3. The fraction of sp³-hybridized carbons (Fsp3) is 0.727. The lowest BCUT2D eigenvalue weighted by molar-refractivity contribution is -0.125. The van der Waals surface area contributed by atoms with Crippen LogP contribution in [0.2, 0.25) is 0 Å². The number of amides is 1. The number of aliphatic hydroxyl groups excluding tert-OH is 1. The van der Waals surface area contributed by atoms with E-state index in [0.717, 1.165) is 0 Å². The van der Waals surface area contributed by atoms with Crippen LogP contribution in [0.25, 0.3) is 0 Å². The number of carbonyl (C=O) groups is 1. The fourth-order valence-electron chi connectivity index (χ4n) is 2.01. The molecule has 1 aliphatic rings. The number of carbonyl (C=O) groups excluding carboxylic acids is 1. The van der Waals surface area contributed by atoms with Crippen LogP contribution in [0.4, 0.5) is 0 Å². The molecule has 7 heteroatoms. The predicted molar refractivity (Wildman–Crippen MR) is 62.7 cm³/mol. The van der Waals surface area contributed by atoms with Crippen LogP contribution in [0.15, 0.2) is 12.4 Å². The van der Waals surface area contributed by atoms with Crippen molar-refractivity contribution in [3.8, 4) is 0 Å². The van der Waals surface area contributed by atoms with Crippen molar-refractivity contribution >= 4 is 5.91 Å². The quantitative estimate of drug-likeness (QED) is 0.727. The Kier molecular flexibility index (Phi) is 4.27. The molecule has 1 aromatic rings. The third kappa shape index (κ3) is 3.27. The number of hydrogen-bond donors (Lipinski definition) is 2. The second kappa shape index (κ2) is 5.92. The molecule has 1 amide bonds. The molecule has 0 atom stereocenters. The summed E-state index contributed by atoms with van der Waals surface area (Å²) in [5.74, 6) is -0.0820. The van der Waals surface area contributed by atoms with Gasteiger partial charge in [-0.15, -0.1) is 5.10 Å². The zero-order chi connectivity index (χ0) is 12.8. The maximum atomic E-state index is 11.8. The second-order valence-corrected chi connectivity index (χ2v) is 4.52. The molecule has 0 unspecified atom stereocenters. The highest BCUT2D eigenvalue weighted by molar-refractivity contribution is 5.76. The molecule has 100 valence electrons. The van der Waals surface area contributed by atoms with Gasteiger partial charge in [-0.25, -0.2) is 0 Å². The molecular weight excluding hydrogens is 236 g/mol. The summed E-state index contributed by atoms with van der Waals surface area (Å²) in [4.78, 5) is 11.8. The Morgan fingerprint density at radius 1 is 1.50 bits per heavy atom. The number of nitrogens with one attached hydrogen (secondary N) is 1. The van der Waals surface area contributed by atoms with Gasteiger partial charge in [-0.05, 0) is 12.8 Å². The molecule has 0 radical (unpaired) electrons. The van der Waals surface area contributed by atoms with Crippen LogP contribution in [-0.4, -0.2) is 51.4 Å². The summed E-state index contributed by atoms with van der Waals surface area (Å²) in [6.45, 7) is 1.59. The highest BCUT2D eigenvalue weighted by Crippen LogP contribution is 2.20. The van der Waals surface area contributed by atoms with E-state index in [1.54, 1.807) is 17.1 Å². The maximum absolute atomic E-state index is 11.8. The largest absolute Gasteiger partial charge is 0.394 e. The van der Waals surface area contributed by atoms with E-state index in [1.165, 1.54) is 0 Å². The van der Waals surface area contributed by atoms with Crippen molar-refractivity contribution < 1.29 is 14.6 Å². The molecule has 1 fully saturated rings. The van der Waals surface area contributed by atoms with E-state index >= 15 is 0 Å². The summed E-state index contributed by atoms with van der Waals surface area (Å²) in [6, 6.07) is 0. The van der Waals surface area contributed by atoms with Crippen molar-refractivity contribution in [2.24, 2.45) is 0 Å². The van der Waals surface area contributed by atoms with Crippen molar-refractivity contribution in [1.82, 2.24) is 20.3 Å². The lowest BCUT2D eigenvalue weighted by Crippen LogP contribution is -2.54. The van der Waals surface area contributed by atoms with Gasteiger partial charge in [-0.2, -0.15) is 0 Å². The minimum Gasteiger partial charge on any atom is -0.394 e. The second-order valence-electron chi connectivity index (χ2n) is 4.52. The lowest BCUT2D eigenvalue weighted by Gasteiger charge is -2.36. The average Bonchev–Trinajstić information content (AvgIpc) is 2.91. The lowest BCUT2D eigenvalue weighted by atomic mass is 9.91. The molecule has 1 aromatic heterocycles. The fourth-order valence-corrected chi connectivity index (χ4v) is 2.01. The standard InChI is InChI=1S/C11H18N4O3/c16-9-11(2-7-18-8-3-11)13-10(17)1-5-15-6-4-12-14-15/h4,6,16H,1-3,5,7-9H2,(H,13,17). The molecule has 0 spiro atoms. The number of ether oxygens (including phenoxy) is 1. The third-order valence-corrected chi connectivity index (χ3v) is 3.20. The number of aryl methyl sites for hydroxylation is 1. The molecule has 2 N–H and O–H groups in total. The molecule has 2 heterocycles. The normalized spacial score (nSPS) is 18.5. The summed E-state index contributed by atoms with van der Waals surface area (Å²) < 4.78 is 6.85. The van der Waals surface area contributed by atoms with Gasteiger partial charge in [-0.3, -0.25) is 9.48 Å². The zero-order valence-corrected chi connectivity index (χ0v) is 10.2. The SMILES string of the molecule is O=C(CCn1ccnn1)NC1(CO)CCOCC1. The van der Waals surface area contributed by atoms with Gasteiger partial charge in [0.2, 0.25) is 5.91 Å². The minimum absolute atomic E-state index is 0.0502. The van der Waals surface area contributed by atoms with Gasteiger partial charge in [-0.1, -0.05) is 5.21 Å². The van der Waals surface area contributed by atoms with Crippen molar-refractivity contribution in [1.29, 1.82) is 0 Å². The summed E-state index contributed by atoms with van der Waals surface area (Å²) in [5, 5.41) is 19.8. The Balaban J connectivity index is 1.81. The maximum Gasteiger partial charge on any atom is 0.222 e. The van der Waals surface area contributed by atoms with Gasteiger partial charge in [0.25, 0.3) is 0 Å². The monoisotopic (exact) mass is 254 g/mol. The van der Waals surface area contributed by atoms with Crippen molar-refractivity contribution in [2.75, 3.05) is 19.8 Å². The third-order valence-electron chi connectivity index (χ3n) is 3.20. The molecule has 2 rings (SSSR count). The molecule has 0 aromatic carbocycles. The average molecular weight is 254 g/mol. The molecule has 1 aliphatic heterocycles. The van der Waals surface area contributed by atoms with Gasteiger partial charge in [0.15, 0.2) is 0 Å². The van der Waals surface area contributed by atoms with Crippen LogP contribution in [0.1, 0.15) is 19.3 Å². The smallest absolute Gasteiger partial charge is 0.222 e.